The zero-order chi connectivity index (χ0) is 9.10. The van der Waals surface area contributed by atoms with E-state index in [0.717, 1.165) is 10.4 Å². The molecule has 0 radical (unpaired) electrons. The van der Waals surface area contributed by atoms with Gasteiger partial charge in [0.15, 0.2) is 5.78 Å². The topological polar surface area (TPSA) is 30.0 Å². The molecule has 2 aromatic rings. The Kier molecular flexibility index (Phi) is 2.52. The molecule has 2 rings (SSSR count). The third-order valence-corrected chi connectivity index (χ3v) is 3.20. The lowest BCUT2D eigenvalue weighted by atomic mass is 10.1. The van der Waals surface area contributed by atoms with Gasteiger partial charge in [0.25, 0.3) is 0 Å². The molecule has 2 aromatic heterocycles. The summed E-state index contributed by atoms with van der Waals surface area (Å²) in [5, 5.41) is 3.98. The molecule has 0 spiro atoms. The standard InChI is InChI=1S/C9H7NOS2/c11-8(9-4-10-6-13-9)3-7-1-2-12-5-7/h1-2,4-6H,3H2. The fourth-order valence-electron chi connectivity index (χ4n) is 1.02. The average Bonchev–Trinajstić information content (AvgIpc) is 2.74. The molecule has 4 heteroatoms. The van der Waals surface area contributed by atoms with Gasteiger partial charge in [0.1, 0.15) is 0 Å². The van der Waals surface area contributed by atoms with E-state index in [1.165, 1.54) is 11.3 Å². The lowest BCUT2D eigenvalue weighted by molar-refractivity contribution is 0.0997. The van der Waals surface area contributed by atoms with Crippen LogP contribution in [0.15, 0.2) is 28.5 Å². The average molecular weight is 209 g/mol. The number of carbonyl (C=O) groups excluding carboxylic acids is 1. The number of Topliss-reactive ketones (excluding diaryl/α,β-unsaturated/α-hetero) is 1. The smallest absolute Gasteiger partial charge is 0.178 e. The van der Waals surface area contributed by atoms with Crippen LogP contribution in [-0.2, 0) is 6.42 Å². The minimum absolute atomic E-state index is 0.154. The Labute approximate surface area is 83.9 Å². The number of rotatable bonds is 3. The number of thiazole rings is 1. The quantitative estimate of drug-likeness (QED) is 0.727. The number of ketones is 1. The van der Waals surface area contributed by atoms with E-state index in [4.69, 9.17) is 0 Å². The molecule has 0 saturated carbocycles. The Morgan fingerprint density at radius 1 is 1.54 bits per heavy atom. The van der Waals surface area contributed by atoms with E-state index < -0.39 is 0 Å². The van der Waals surface area contributed by atoms with Crippen LogP contribution in [-0.4, -0.2) is 10.8 Å². The first-order valence-corrected chi connectivity index (χ1v) is 5.61. The molecule has 0 aliphatic rings. The molecule has 0 bridgehead atoms. The summed E-state index contributed by atoms with van der Waals surface area (Å²) in [7, 11) is 0. The Hall–Kier alpha value is -1.00. The summed E-state index contributed by atoms with van der Waals surface area (Å²) in [5.41, 5.74) is 2.77. The summed E-state index contributed by atoms with van der Waals surface area (Å²) >= 11 is 3.01. The van der Waals surface area contributed by atoms with Gasteiger partial charge in [0.2, 0.25) is 0 Å². The highest BCUT2D eigenvalue weighted by Gasteiger charge is 2.08. The van der Waals surface area contributed by atoms with Crippen molar-refractivity contribution in [3.05, 3.63) is 39.0 Å². The van der Waals surface area contributed by atoms with E-state index in [-0.39, 0.29) is 5.78 Å². The molecule has 0 unspecified atom stereocenters. The third-order valence-electron chi connectivity index (χ3n) is 1.65. The van der Waals surface area contributed by atoms with Crippen LogP contribution in [0.3, 0.4) is 0 Å². The molecular weight excluding hydrogens is 202 g/mol. The lowest BCUT2D eigenvalue weighted by Crippen LogP contribution is -1.99. The van der Waals surface area contributed by atoms with Crippen molar-refractivity contribution in [3.8, 4) is 0 Å². The summed E-state index contributed by atoms with van der Waals surface area (Å²) in [6.45, 7) is 0. The van der Waals surface area contributed by atoms with E-state index in [1.54, 1.807) is 23.0 Å². The number of thiophene rings is 1. The highest BCUT2D eigenvalue weighted by molar-refractivity contribution is 7.11. The maximum atomic E-state index is 11.5. The Morgan fingerprint density at radius 3 is 3.08 bits per heavy atom. The Morgan fingerprint density at radius 2 is 2.46 bits per heavy atom. The molecule has 0 atom stereocenters. The molecule has 66 valence electrons. The van der Waals surface area contributed by atoms with Gasteiger partial charge in [-0.25, -0.2) is 0 Å². The van der Waals surface area contributed by atoms with Gasteiger partial charge < -0.3 is 0 Å². The van der Waals surface area contributed by atoms with Gasteiger partial charge in [-0.3, -0.25) is 9.78 Å². The second-order valence-corrected chi connectivity index (χ2v) is 4.26. The van der Waals surface area contributed by atoms with Crippen LogP contribution >= 0.6 is 22.7 Å². The molecule has 0 amide bonds. The van der Waals surface area contributed by atoms with Crippen molar-refractivity contribution in [2.24, 2.45) is 0 Å². The first-order chi connectivity index (χ1) is 6.36. The zero-order valence-electron chi connectivity index (χ0n) is 6.77. The first-order valence-electron chi connectivity index (χ1n) is 3.79. The molecule has 0 aromatic carbocycles. The van der Waals surface area contributed by atoms with Gasteiger partial charge in [-0.05, 0) is 22.4 Å². The molecular formula is C9H7NOS2. The van der Waals surface area contributed by atoms with Crippen LogP contribution in [0.1, 0.15) is 15.2 Å². The van der Waals surface area contributed by atoms with Gasteiger partial charge in [-0.1, -0.05) is 0 Å². The van der Waals surface area contributed by atoms with Gasteiger partial charge in [-0.2, -0.15) is 11.3 Å². The Bertz CT molecular complexity index is 378. The van der Waals surface area contributed by atoms with Gasteiger partial charge in [0, 0.05) is 12.6 Å². The number of nitrogens with zero attached hydrogens (tertiary/aromatic N) is 1. The van der Waals surface area contributed by atoms with E-state index in [2.05, 4.69) is 4.98 Å². The van der Waals surface area contributed by atoms with Crippen molar-refractivity contribution in [2.45, 2.75) is 6.42 Å². The maximum Gasteiger partial charge on any atom is 0.178 e. The molecule has 0 aliphatic heterocycles. The van der Waals surface area contributed by atoms with Crippen LogP contribution in [0.25, 0.3) is 0 Å². The summed E-state index contributed by atoms with van der Waals surface area (Å²) in [6.07, 6.45) is 2.12. The van der Waals surface area contributed by atoms with Gasteiger partial charge in [0.05, 0.1) is 10.4 Å². The second-order valence-electron chi connectivity index (χ2n) is 2.60. The van der Waals surface area contributed by atoms with Crippen molar-refractivity contribution >= 4 is 28.5 Å². The fourth-order valence-corrected chi connectivity index (χ4v) is 2.25. The van der Waals surface area contributed by atoms with Crippen LogP contribution in [0.4, 0.5) is 0 Å². The lowest BCUT2D eigenvalue weighted by Gasteiger charge is -1.92. The number of hydrogen-bond acceptors (Lipinski definition) is 4. The molecule has 0 aliphatic carbocycles. The normalized spacial score (nSPS) is 10.2. The van der Waals surface area contributed by atoms with E-state index in [1.807, 2.05) is 16.8 Å². The van der Waals surface area contributed by atoms with Crippen LogP contribution < -0.4 is 0 Å². The molecule has 13 heavy (non-hydrogen) atoms. The Balaban J connectivity index is 2.08. The molecule has 0 fully saturated rings. The van der Waals surface area contributed by atoms with Gasteiger partial charge >= 0.3 is 0 Å². The van der Waals surface area contributed by atoms with Crippen LogP contribution in [0.2, 0.25) is 0 Å². The minimum atomic E-state index is 0.154. The number of carbonyl (C=O) groups is 1. The minimum Gasteiger partial charge on any atom is -0.293 e. The van der Waals surface area contributed by atoms with E-state index >= 15 is 0 Å². The zero-order valence-corrected chi connectivity index (χ0v) is 8.40. The predicted molar refractivity (Wildman–Crippen MR) is 54.5 cm³/mol. The summed E-state index contributed by atoms with van der Waals surface area (Å²) in [4.78, 5) is 16.2. The van der Waals surface area contributed by atoms with Crippen molar-refractivity contribution in [1.82, 2.24) is 4.98 Å². The fraction of sp³-hybridized carbons (Fsp3) is 0.111. The van der Waals surface area contributed by atoms with Crippen LogP contribution in [0, 0.1) is 0 Å². The highest BCUT2D eigenvalue weighted by atomic mass is 32.1. The molecule has 0 N–H and O–H groups in total. The van der Waals surface area contributed by atoms with Crippen LogP contribution in [0.5, 0.6) is 0 Å². The maximum absolute atomic E-state index is 11.5. The van der Waals surface area contributed by atoms with Gasteiger partial charge in [-0.15, -0.1) is 11.3 Å². The van der Waals surface area contributed by atoms with Crippen molar-refractivity contribution < 1.29 is 4.79 Å². The second kappa shape index (κ2) is 3.81. The van der Waals surface area contributed by atoms with E-state index in [0.29, 0.717) is 6.42 Å². The van der Waals surface area contributed by atoms with Crippen molar-refractivity contribution in [1.29, 1.82) is 0 Å². The molecule has 2 heterocycles. The summed E-state index contributed by atoms with van der Waals surface area (Å²) in [6, 6.07) is 1.98. The van der Waals surface area contributed by atoms with Crippen molar-refractivity contribution in [3.63, 3.8) is 0 Å². The van der Waals surface area contributed by atoms with E-state index in [9.17, 15) is 4.79 Å². The monoisotopic (exact) mass is 209 g/mol. The number of hydrogen-bond donors (Lipinski definition) is 0. The van der Waals surface area contributed by atoms with Crippen molar-refractivity contribution in [2.75, 3.05) is 0 Å². The predicted octanol–water partition coefficient (Wildman–Crippen LogP) is 2.63. The summed E-state index contributed by atoms with van der Waals surface area (Å²) < 4.78 is 0. The number of aromatic nitrogens is 1. The largest absolute Gasteiger partial charge is 0.293 e. The molecule has 2 nitrogen and oxygen atoms in total. The third kappa shape index (κ3) is 2.02. The first kappa shape index (κ1) is 8.59. The molecule has 0 saturated heterocycles. The summed E-state index contributed by atoms with van der Waals surface area (Å²) in [5.74, 6) is 0.154. The SMILES string of the molecule is O=C(Cc1ccsc1)c1cncs1. The highest BCUT2D eigenvalue weighted by Crippen LogP contribution is 2.12.